The average molecular weight is 1920 g/mol. The number of nitrogens with two attached hydrogens (primary N) is 1. The first kappa shape index (κ1) is 103. The molecule has 0 radical (unpaired) electrons. The van der Waals surface area contributed by atoms with E-state index in [1.807, 2.05) is 6.08 Å². The Hall–Kier alpha value is -9.09. The number of alkyl carbamates (subject to hydrolysis) is 1. The number of aliphatic hydroxyl groups excluding tert-OH is 1. The second-order valence-electron chi connectivity index (χ2n) is 35.4. The summed E-state index contributed by atoms with van der Waals surface area (Å²) in [7, 11) is -7.78. The number of aliphatic hydroxyl groups is 1. The number of esters is 1. The van der Waals surface area contributed by atoms with Crippen molar-refractivity contribution in [1.29, 1.82) is 0 Å². The van der Waals surface area contributed by atoms with Crippen LogP contribution in [0.25, 0.3) is 0 Å². The fraction of sp³-hybridized carbons (Fsp3) is 0.686. The first-order valence-corrected chi connectivity index (χ1v) is 48.4. The standard InChI is InChI=1S/C86H123N11O34P2/c1-45(2)72(96-80(106)59(39-69(102)93-58-20-27-120-83(58)109)94-68(101)21-26-118-29-30-119-31-32-123-133(115,116)122-28-25-88-81(107)60(97-70(103)17-18-71(97)104)43-90-67(100)22-33-132(112,113)114)82(108)95-57(8-7-24-89-84(87)110)79(105)92-50-11-9-49(10-12-50)44-121-85(111)91-42-52(99)38-65-73(117-6)56-37-51(98)36-54-14-16-62-74(126-54)78-77-76(128-62)75-66(129-77)41-86(130-75,131-78)23-19-55-35-47(4)61(124-55)15-13-53-34-46(3)48(5)63(125-53)40-64(56)127-65/h9-12,17-18,40,45-46,52-62,64-66,72-78,99H,4-5,7-8,13-16,19-39,41-44H2,1-3,6H3,(H,88,107)(H,90,100)(H,91,111)(H,92,105)(H,93,102)(H,94,101)(H,95,108)(H,96,106)(H,115,116)(H3,87,89,110)(H2,112,113,114)/b63-40-/t46-,52+,53+,54-,55+,56+,57+,58+,59+,60+,61+,62+,64+,65-,66-,72+,73-,74+,75+,76+,77-,78+,86+/m1/s1. The summed E-state index contributed by atoms with van der Waals surface area (Å²) in [5.41, 5.74) is 7.84. The Morgan fingerprint density at radius 3 is 2.11 bits per heavy atom. The zero-order valence-corrected chi connectivity index (χ0v) is 76.4. The normalized spacial score (nSPS) is 30.2. The van der Waals surface area contributed by atoms with Gasteiger partial charge in [0.1, 0.15) is 78.9 Å². The zero-order chi connectivity index (χ0) is 95.6. The number of phosphoric acid groups is 1. The van der Waals surface area contributed by atoms with Gasteiger partial charge in [-0.3, -0.25) is 66.5 Å². The number of amides is 12. The van der Waals surface area contributed by atoms with E-state index in [1.54, 1.807) is 26.0 Å². The van der Waals surface area contributed by atoms with Crippen molar-refractivity contribution in [3.8, 4) is 0 Å². The molecular weight excluding hydrogens is 1790 g/mol. The molecule has 1 unspecified atom stereocenters. The molecule has 0 aromatic heterocycles. The first-order valence-electron chi connectivity index (χ1n) is 45.1. The number of methoxy groups -OCH3 is 1. The maximum absolute atomic E-state index is 14.6. The van der Waals surface area contributed by atoms with Crippen molar-refractivity contribution >= 4 is 98.1 Å². The van der Waals surface area contributed by atoms with Gasteiger partial charge in [0.25, 0.3) is 11.8 Å². The number of rotatable bonds is 43. The SMILES string of the molecule is C=C1/C2=C/[C@@H]3O[C@H](C[C@H](O)CNC(=O)OCc4ccc(NC(=O)[C@H](CCCNC(N)=O)NC(=O)[C@@H](NC(=O)[C@H](CC(=O)N[C@H]5CCOC5=O)NC(=O)CCOCCOCCOP(=O)(O)OCCNC(=O)[C@H](CNC(=O)CCP(=O)(O)O)N5C(=O)C=CC5=O)C(C)C)cc4)[C@H](OC)[C@H]3CC(=O)C[C@H]3CC[C@@H]4O[C@@H]5[C@H]6O[C@@H]7C[C@](CC[C@H]8CC(=C)[C@H](CC[C@@H](C[C@H]1C)O2)O8)(O[C@H]6[C@H]4O3)O[C@H]57. The molecule has 12 aliphatic rings. The third-order valence-electron chi connectivity index (χ3n) is 25.1. The number of fused-ring (bicyclic) bond motifs is 6. The molecule has 15 N–H and O–H groups in total. The van der Waals surface area contributed by atoms with Crippen LogP contribution in [0.2, 0.25) is 0 Å². The van der Waals surface area contributed by atoms with E-state index in [1.165, 1.54) is 19.2 Å². The lowest BCUT2D eigenvalue weighted by atomic mass is 9.84. The summed E-state index contributed by atoms with van der Waals surface area (Å²) in [6.07, 6.45) is -0.185. The van der Waals surface area contributed by atoms with E-state index in [4.69, 9.17) is 86.1 Å². The monoisotopic (exact) mass is 1920 g/mol. The van der Waals surface area contributed by atoms with Gasteiger partial charge in [-0.2, -0.15) is 0 Å². The van der Waals surface area contributed by atoms with Gasteiger partial charge < -0.3 is 135 Å². The van der Waals surface area contributed by atoms with Crippen LogP contribution in [0.3, 0.4) is 0 Å². The lowest BCUT2D eigenvalue weighted by Crippen LogP contribution is -2.61. The van der Waals surface area contributed by atoms with E-state index in [2.05, 4.69) is 67.9 Å². The summed E-state index contributed by atoms with van der Waals surface area (Å²) in [6, 6.07) is -1.80. The van der Waals surface area contributed by atoms with E-state index < -0.39 is 229 Å². The molecule has 12 bridgehead atoms. The summed E-state index contributed by atoms with van der Waals surface area (Å²) in [5.74, 6) is -10.3. The van der Waals surface area contributed by atoms with Crippen molar-refractivity contribution in [2.24, 2.45) is 23.5 Å². The Bertz CT molecular complexity index is 4540. The molecule has 12 aliphatic heterocycles. The number of carbonyl (C=O) groups is 13. The molecule has 12 amide bonds. The number of imide groups is 1. The van der Waals surface area contributed by atoms with Crippen LogP contribution in [-0.4, -0.2) is 315 Å². The van der Waals surface area contributed by atoms with E-state index in [0.29, 0.717) is 61.2 Å². The van der Waals surface area contributed by atoms with Gasteiger partial charge >= 0.3 is 33.5 Å². The maximum atomic E-state index is 14.6. The third-order valence-corrected chi connectivity index (χ3v) is 26.9. The largest absolute Gasteiger partial charge is 0.490 e. The minimum atomic E-state index is -4.76. The molecule has 45 nitrogen and oxygen atoms in total. The highest BCUT2D eigenvalue weighted by Crippen LogP contribution is 2.55. The number of phosphoric ester groups is 1. The molecule has 24 atom stereocenters. The van der Waals surface area contributed by atoms with Crippen molar-refractivity contribution < 1.29 is 162 Å². The number of primary amides is 1. The van der Waals surface area contributed by atoms with Gasteiger partial charge in [-0.05, 0) is 105 Å². The van der Waals surface area contributed by atoms with Crippen LogP contribution in [0.5, 0.6) is 0 Å². The van der Waals surface area contributed by atoms with Crippen LogP contribution in [0, 0.1) is 17.8 Å². The molecule has 1 spiro atoms. The van der Waals surface area contributed by atoms with E-state index in [9.17, 15) is 81.5 Å². The Labute approximate surface area is 767 Å². The van der Waals surface area contributed by atoms with Gasteiger partial charge in [0.2, 0.25) is 41.4 Å². The highest BCUT2D eigenvalue weighted by atomic mass is 31.2. The summed E-state index contributed by atoms with van der Waals surface area (Å²) in [4.78, 5) is 200. The molecule has 1 aromatic carbocycles. The smallest absolute Gasteiger partial charge is 0.472 e. The van der Waals surface area contributed by atoms with Gasteiger partial charge in [0, 0.05) is 108 Å². The number of carbonyl (C=O) groups excluding carboxylic acids is 13. The Kier molecular flexibility index (Phi) is 36.4. The summed E-state index contributed by atoms with van der Waals surface area (Å²) in [6.45, 7) is 10.6. The second kappa shape index (κ2) is 47.1. The fourth-order valence-corrected chi connectivity index (χ4v) is 19.5. The number of urea groups is 1. The number of cyclic esters (lactones) is 1. The molecule has 1 aromatic rings. The molecule has 10 saturated heterocycles. The molecular formula is C86H123N11O34P2. The third kappa shape index (κ3) is 28.8. The zero-order valence-electron chi connectivity index (χ0n) is 74.6. The van der Waals surface area contributed by atoms with Gasteiger partial charge in [-0.25, -0.2) is 18.9 Å². The van der Waals surface area contributed by atoms with Crippen molar-refractivity contribution in [2.45, 2.75) is 271 Å². The van der Waals surface area contributed by atoms with E-state index >= 15 is 0 Å². The summed E-state index contributed by atoms with van der Waals surface area (Å²) in [5, 5.41) is 34.1. The molecule has 0 saturated carbocycles. The second-order valence-corrected chi connectivity index (χ2v) is 38.6. The summed E-state index contributed by atoms with van der Waals surface area (Å²) < 4.78 is 115. The lowest BCUT2D eigenvalue weighted by Gasteiger charge is -2.47. The van der Waals surface area contributed by atoms with Crippen LogP contribution in [-0.2, 0) is 139 Å². The van der Waals surface area contributed by atoms with Gasteiger partial charge in [-0.15, -0.1) is 0 Å². The highest BCUT2D eigenvalue weighted by molar-refractivity contribution is 7.51. The molecule has 13 rings (SSSR count). The topological polar surface area (TPSA) is 613 Å². The Morgan fingerprint density at radius 1 is 0.677 bits per heavy atom. The highest BCUT2D eigenvalue weighted by Gasteiger charge is 2.69. The van der Waals surface area contributed by atoms with Crippen LogP contribution in [0.4, 0.5) is 15.3 Å². The predicted molar refractivity (Wildman–Crippen MR) is 460 cm³/mol. The lowest BCUT2D eigenvalue weighted by molar-refractivity contribution is -0.292. The first-order chi connectivity index (χ1) is 63.4. The number of Topliss-reactive ketones (excluding diaryl/α,β-unsaturated/α-hetero) is 1. The van der Waals surface area contributed by atoms with Crippen molar-refractivity contribution in [3.63, 3.8) is 0 Å². The van der Waals surface area contributed by atoms with Crippen LogP contribution < -0.4 is 53.6 Å². The van der Waals surface area contributed by atoms with Gasteiger partial charge in [0.05, 0.1) is 120 Å². The van der Waals surface area contributed by atoms with Crippen LogP contribution >= 0.6 is 15.4 Å². The van der Waals surface area contributed by atoms with Crippen molar-refractivity contribution in [3.05, 3.63) is 78.1 Å². The Morgan fingerprint density at radius 2 is 1.38 bits per heavy atom. The number of benzene rings is 1. The number of ketones is 1. The number of hydrogen-bond donors (Lipinski definition) is 14. The van der Waals surface area contributed by atoms with Crippen molar-refractivity contribution in [1.82, 2.24) is 47.4 Å². The number of allylic oxidation sites excluding steroid dienone is 1. The van der Waals surface area contributed by atoms with E-state index in [0.717, 1.165) is 36.1 Å². The molecule has 0 aliphatic carbocycles. The van der Waals surface area contributed by atoms with Crippen molar-refractivity contribution in [2.75, 3.05) is 91.0 Å². The molecule has 133 heavy (non-hydrogen) atoms. The molecule has 736 valence electrons. The minimum absolute atomic E-state index is 0.0110. The average Bonchev–Trinajstić information content (AvgIpc) is 1.55. The molecule has 47 heteroatoms. The van der Waals surface area contributed by atoms with Gasteiger partial charge in [-0.1, -0.05) is 46.1 Å². The molecule has 10 fully saturated rings. The maximum Gasteiger partial charge on any atom is 0.472 e. The number of nitrogens with zero attached hydrogens (tertiary/aromatic N) is 1. The number of hydrogen-bond acceptors (Lipinski definition) is 31. The number of nitrogens with one attached hydrogen (secondary N) is 9. The fourth-order valence-electron chi connectivity index (χ4n) is 18.3. The number of ether oxygens (including phenoxy) is 13. The number of anilines is 1. The van der Waals surface area contributed by atoms with Crippen LogP contribution in [0.15, 0.2) is 72.6 Å². The van der Waals surface area contributed by atoms with E-state index in [-0.39, 0.29) is 157 Å². The Balaban J connectivity index is 0.590. The van der Waals surface area contributed by atoms with Gasteiger partial charge in [0.15, 0.2) is 5.79 Å². The summed E-state index contributed by atoms with van der Waals surface area (Å²) >= 11 is 0. The molecule has 12 heterocycles. The minimum Gasteiger partial charge on any atom is -0.490 e. The predicted octanol–water partition coefficient (Wildman–Crippen LogP) is 0.501. The quantitative estimate of drug-likeness (QED) is 0.0139. The van der Waals surface area contributed by atoms with Crippen LogP contribution in [0.1, 0.15) is 142 Å².